The van der Waals surface area contributed by atoms with Crippen molar-refractivity contribution >= 4 is 22.6 Å². The zero-order valence-electron chi connectivity index (χ0n) is 12.1. The Hall–Kier alpha value is -1.25. The van der Waals surface area contributed by atoms with Crippen molar-refractivity contribution < 1.29 is 19.3 Å². The van der Waals surface area contributed by atoms with Gasteiger partial charge in [-0.3, -0.25) is 0 Å². The van der Waals surface area contributed by atoms with Crippen molar-refractivity contribution in [3.05, 3.63) is 23.7 Å². The first-order valence-corrected chi connectivity index (χ1v) is 7.47. The first-order valence-electron chi connectivity index (χ1n) is 7.09. The largest absolute Gasteiger partial charge is 0.394 e. The van der Waals surface area contributed by atoms with Crippen LogP contribution in [0, 0.1) is 0 Å². The van der Waals surface area contributed by atoms with E-state index in [1.165, 1.54) is 6.33 Å². The van der Waals surface area contributed by atoms with Gasteiger partial charge in [-0.2, -0.15) is 0 Å². The highest BCUT2D eigenvalue weighted by Gasteiger charge is 2.55. The molecular formula is C14H16ClN3O4. The normalized spacial score (nSPS) is 33.5. The third-order valence-electron chi connectivity index (χ3n) is 4.04. The van der Waals surface area contributed by atoms with E-state index in [9.17, 15) is 5.11 Å². The lowest BCUT2D eigenvalue weighted by atomic mass is 10.1. The minimum Gasteiger partial charge on any atom is -0.394 e. The third-order valence-corrected chi connectivity index (χ3v) is 4.34. The van der Waals surface area contributed by atoms with Crippen molar-refractivity contribution in [3.63, 3.8) is 0 Å². The van der Waals surface area contributed by atoms with Gasteiger partial charge in [-0.25, -0.2) is 9.97 Å². The van der Waals surface area contributed by atoms with Crippen molar-refractivity contribution in [1.82, 2.24) is 14.5 Å². The first kappa shape index (κ1) is 14.3. The molecule has 2 aliphatic rings. The first-order chi connectivity index (χ1) is 10.5. The van der Waals surface area contributed by atoms with E-state index in [1.54, 1.807) is 0 Å². The van der Waals surface area contributed by atoms with Gasteiger partial charge in [0.05, 0.1) is 12.0 Å². The number of hydrogen-bond donors (Lipinski definition) is 1. The highest BCUT2D eigenvalue weighted by molar-refractivity contribution is 6.33. The monoisotopic (exact) mass is 325 g/mol. The van der Waals surface area contributed by atoms with Gasteiger partial charge in [0, 0.05) is 6.20 Å². The van der Waals surface area contributed by atoms with Crippen LogP contribution in [0.3, 0.4) is 0 Å². The maximum atomic E-state index is 9.54. The molecule has 0 aromatic carbocycles. The van der Waals surface area contributed by atoms with Crippen LogP contribution in [0.4, 0.5) is 0 Å². The Bertz CT molecular complexity index is 719. The predicted molar refractivity (Wildman–Crippen MR) is 77.4 cm³/mol. The van der Waals surface area contributed by atoms with Gasteiger partial charge in [-0.15, -0.1) is 0 Å². The molecule has 0 spiro atoms. The lowest BCUT2D eigenvalue weighted by molar-refractivity contribution is -0.199. The van der Waals surface area contributed by atoms with Crippen LogP contribution < -0.4 is 0 Å². The summed E-state index contributed by atoms with van der Waals surface area (Å²) in [7, 11) is 0. The zero-order chi connectivity index (χ0) is 15.5. The Balaban J connectivity index is 1.77. The van der Waals surface area contributed by atoms with Crippen LogP contribution in [0.15, 0.2) is 18.6 Å². The number of aliphatic hydroxyl groups excluding tert-OH is 1. The fraction of sp³-hybridized carbons (Fsp3) is 0.571. The molecule has 2 saturated heterocycles. The molecule has 1 N–H and O–H groups in total. The molecule has 2 aliphatic heterocycles. The summed E-state index contributed by atoms with van der Waals surface area (Å²) in [6.07, 6.45) is 1.73. The third kappa shape index (κ3) is 2.04. The molecule has 0 radical (unpaired) electrons. The topological polar surface area (TPSA) is 78.6 Å². The minimum absolute atomic E-state index is 0.133. The maximum absolute atomic E-state index is 9.54. The number of nitrogens with zero attached hydrogens (tertiary/aromatic N) is 3. The Kier molecular flexibility index (Phi) is 3.18. The number of rotatable bonds is 2. The average Bonchev–Trinajstić information content (AvgIpc) is 3.10. The summed E-state index contributed by atoms with van der Waals surface area (Å²) in [5, 5.41) is 10.7. The Morgan fingerprint density at radius 2 is 2.09 bits per heavy atom. The number of aromatic nitrogens is 3. The van der Waals surface area contributed by atoms with E-state index in [4.69, 9.17) is 25.8 Å². The number of aliphatic hydroxyl groups is 1. The summed E-state index contributed by atoms with van der Waals surface area (Å²) >= 11 is 6.09. The van der Waals surface area contributed by atoms with E-state index in [2.05, 4.69) is 9.97 Å². The minimum atomic E-state index is -0.708. The predicted octanol–water partition coefficient (Wildman–Crippen LogP) is 1.49. The van der Waals surface area contributed by atoms with Gasteiger partial charge < -0.3 is 23.9 Å². The molecule has 0 saturated carbocycles. The van der Waals surface area contributed by atoms with E-state index < -0.39 is 18.1 Å². The summed E-state index contributed by atoms with van der Waals surface area (Å²) in [5.41, 5.74) is 0.663. The molecule has 4 heterocycles. The summed E-state index contributed by atoms with van der Waals surface area (Å²) in [4.78, 5) is 8.25. The van der Waals surface area contributed by atoms with Gasteiger partial charge in [0.25, 0.3) is 0 Å². The fourth-order valence-electron chi connectivity index (χ4n) is 3.18. The number of hydrogen-bond acceptors (Lipinski definition) is 6. The van der Waals surface area contributed by atoms with E-state index >= 15 is 0 Å². The molecule has 22 heavy (non-hydrogen) atoms. The molecule has 0 bridgehead atoms. The second kappa shape index (κ2) is 4.87. The van der Waals surface area contributed by atoms with Crippen LogP contribution in [0.5, 0.6) is 0 Å². The van der Waals surface area contributed by atoms with Gasteiger partial charge in [0.15, 0.2) is 12.0 Å². The molecule has 118 valence electrons. The van der Waals surface area contributed by atoms with Crippen LogP contribution in [0.1, 0.15) is 20.1 Å². The van der Waals surface area contributed by atoms with E-state index in [0.717, 1.165) is 5.39 Å². The molecule has 4 unspecified atom stereocenters. The highest BCUT2D eigenvalue weighted by Crippen LogP contribution is 2.43. The molecule has 2 aromatic rings. The maximum Gasteiger partial charge on any atom is 0.164 e. The van der Waals surface area contributed by atoms with Crippen molar-refractivity contribution in [2.24, 2.45) is 0 Å². The van der Waals surface area contributed by atoms with Crippen LogP contribution in [0.25, 0.3) is 11.0 Å². The second-order valence-corrected chi connectivity index (χ2v) is 6.30. The highest BCUT2D eigenvalue weighted by atomic mass is 35.5. The van der Waals surface area contributed by atoms with E-state index in [1.807, 2.05) is 30.7 Å². The summed E-state index contributed by atoms with van der Waals surface area (Å²) < 4.78 is 19.6. The fourth-order valence-corrected chi connectivity index (χ4v) is 3.37. The van der Waals surface area contributed by atoms with Crippen molar-refractivity contribution in [2.75, 3.05) is 6.61 Å². The number of halogens is 1. The molecule has 2 aromatic heterocycles. The Morgan fingerprint density at radius 1 is 1.32 bits per heavy atom. The molecule has 7 nitrogen and oxygen atoms in total. The van der Waals surface area contributed by atoms with E-state index in [0.29, 0.717) is 10.8 Å². The molecular weight excluding hydrogens is 310 g/mol. The van der Waals surface area contributed by atoms with Gasteiger partial charge in [-0.1, -0.05) is 11.6 Å². The summed E-state index contributed by atoms with van der Waals surface area (Å²) in [5.74, 6) is -0.708. The van der Waals surface area contributed by atoms with E-state index in [-0.39, 0.29) is 18.8 Å². The number of ether oxygens (including phenoxy) is 3. The number of fused-ring (bicyclic) bond motifs is 2. The van der Waals surface area contributed by atoms with Gasteiger partial charge in [0.2, 0.25) is 0 Å². The lowest BCUT2D eigenvalue weighted by Crippen LogP contribution is -2.31. The van der Waals surface area contributed by atoms with Gasteiger partial charge in [0.1, 0.15) is 35.4 Å². The van der Waals surface area contributed by atoms with Crippen LogP contribution in [0.2, 0.25) is 5.15 Å². The summed E-state index contributed by atoms with van der Waals surface area (Å²) in [6, 6.07) is 1.84. The SMILES string of the molecule is CC1(C)OC2C(CO)OC(n3ccc4c(Cl)ncnc43)C2O1. The average molecular weight is 326 g/mol. The van der Waals surface area contributed by atoms with Crippen LogP contribution in [-0.2, 0) is 14.2 Å². The zero-order valence-corrected chi connectivity index (χ0v) is 12.9. The second-order valence-electron chi connectivity index (χ2n) is 5.94. The Labute approximate surface area is 131 Å². The Morgan fingerprint density at radius 3 is 2.86 bits per heavy atom. The summed E-state index contributed by atoms with van der Waals surface area (Å²) in [6.45, 7) is 3.57. The smallest absolute Gasteiger partial charge is 0.164 e. The van der Waals surface area contributed by atoms with Crippen LogP contribution in [-0.4, -0.2) is 50.3 Å². The van der Waals surface area contributed by atoms with Crippen molar-refractivity contribution in [3.8, 4) is 0 Å². The molecule has 4 atom stereocenters. The molecule has 0 aliphatic carbocycles. The van der Waals surface area contributed by atoms with Crippen molar-refractivity contribution in [2.45, 2.75) is 44.2 Å². The van der Waals surface area contributed by atoms with Crippen molar-refractivity contribution in [1.29, 1.82) is 0 Å². The lowest BCUT2D eigenvalue weighted by Gasteiger charge is -2.24. The van der Waals surface area contributed by atoms with Gasteiger partial charge >= 0.3 is 0 Å². The standard InChI is InChI=1S/C14H16ClN3O4/c1-14(2)21-9-8(5-19)20-13(10(9)22-14)18-4-3-7-11(15)16-6-17-12(7)18/h3-4,6,8-10,13,19H,5H2,1-2H3. The molecule has 4 rings (SSSR count). The molecule has 8 heteroatoms. The van der Waals surface area contributed by atoms with Crippen LogP contribution >= 0.6 is 11.6 Å². The molecule has 0 amide bonds. The van der Waals surface area contributed by atoms with Gasteiger partial charge in [-0.05, 0) is 19.9 Å². The quantitative estimate of drug-likeness (QED) is 0.843. The molecule has 2 fully saturated rings.